The summed E-state index contributed by atoms with van der Waals surface area (Å²) in [6, 6.07) is 14.2. The SMILES string of the molecule is COc1ccc(CC(=O)N2CCN(C(=O)c3cccc(C#N)c3)CC2)cc1OC. The molecule has 0 atom stereocenters. The Morgan fingerprint density at radius 3 is 2.31 bits per heavy atom. The molecule has 7 nitrogen and oxygen atoms in total. The highest BCUT2D eigenvalue weighted by molar-refractivity contribution is 5.94. The summed E-state index contributed by atoms with van der Waals surface area (Å²) in [5.41, 5.74) is 1.80. The van der Waals surface area contributed by atoms with Crippen molar-refractivity contribution in [2.24, 2.45) is 0 Å². The van der Waals surface area contributed by atoms with Gasteiger partial charge < -0.3 is 19.3 Å². The summed E-state index contributed by atoms with van der Waals surface area (Å²) in [7, 11) is 3.13. The number of nitriles is 1. The number of methoxy groups -OCH3 is 2. The van der Waals surface area contributed by atoms with Crippen LogP contribution in [-0.4, -0.2) is 62.0 Å². The Morgan fingerprint density at radius 2 is 1.66 bits per heavy atom. The van der Waals surface area contributed by atoms with Crippen LogP contribution in [0.4, 0.5) is 0 Å². The Morgan fingerprint density at radius 1 is 0.966 bits per heavy atom. The van der Waals surface area contributed by atoms with Crippen LogP contribution in [0, 0.1) is 11.3 Å². The third kappa shape index (κ3) is 4.66. The molecule has 150 valence electrons. The summed E-state index contributed by atoms with van der Waals surface area (Å²) in [6.07, 6.45) is 0.262. The molecule has 29 heavy (non-hydrogen) atoms. The molecule has 0 saturated carbocycles. The molecule has 7 heteroatoms. The van der Waals surface area contributed by atoms with E-state index in [0.29, 0.717) is 48.8 Å². The Bertz CT molecular complexity index is 943. The van der Waals surface area contributed by atoms with Gasteiger partial charge in [0.1, 0.15) is 0 Å². The van der Waals surface area contributed by atoms with Crippen molar-refractivity contribution < 1.29 is 19.1 Å². The van der Waals surface area contributed by atoms with E-state index in [4.69, 9.17) is 14.7 Å². The summed E-state index contributed by atoms with van der Waals surface area (Å²) in [5.74, 6) is 1.11. The minimum atomic E-state index is -0.117. The first-order chi connectivity index (χ1) is 14.0. The predicted molar refractivity (Wildman–Crippen MR) is 107 cm³/mol. The van der Waals surface area contributed by atoms with E-state index >= 15 is 0 Å². The molecule has 1 aliphatic heterocycles. The third-order valence-electron chi connectivity index (χ3n) is 4.96. The number of ether oxygens (including phenoxy) is 2. The van der Waals surface area contributed by atoms with E-state index in [0.717, 1.165) is 5.56 Å². The Labute approximate surface area is 170 Å². The molecule has 0 bridgehead atoms. The van der Waals surface area contributed by atoms with E-state index in [1.807, 2.05) is 12.1 Å². The second-order valence-corrected chi connectivity index (χ2v) is 6.73. The number of hydrogen-bond donors (Lipinski definition) is 0. The smallest absolute Gasteiger partial charge is 0.254 e. The van der Waals surface area contributed by atoms with Crippen molar-refractivity contribution in [2.75, 3.05) is 40.4 Å². The number of carbonyl (C=O) groups is 2. The van der Waals surface area contributed by atoms with Gasteiger partial charge in [0.05, 0.1) is 32.3 Å². The molecule has 0 spiro atoms. The van der Waals surface area contributed by atoms with E-state index < -0.39 is 0 Å². The zero-order valence-electron chi connectivity index (χ0n) is 16.6. The van der Waals surface area contributed by atoms with Crippen molar-refractivity contribution in [1.82, 2.24) is 9.80 Å². The van der Waals surface area contributed by atoms with Crippen LogP contribution < -0.4 is 9.47 Å². The average Bonchev–Trinajstić information content (AvgIpc) is 2.78. The van der Waals surface area contributed by atoms with Gasteiger partial charge in [-0.2, -0.15) is 5.26 Å². The fourth-order valence-corrected chi connectivity index (χ4v) is 3.34. The highest BCUT2D eigenvalue weighted by Crippen LogP contribution is 2.28. The lowest BCUT2D eigenvalue weighted by Gasteiger charge is -2.35. The van der Waals surface area contributed by atoms with Gasteiger partial charge in [-0.15, -0.1) is 0 Å². The fraction of sp³-hybridized carbons (Fsp3) is 0.318. The van der Waals surface area contributed by atoms with E-state index in [-0.39, 0.29) is 18.2 Å². The lowest BCUT2D eigenvalue weighted by atomic mass is 10.1. The van der Waals surface area contributed by atoms with Gasteiger partial charge in [-0.05, 0) is 35.9 Å². The van der Waals surface area contributed by atoms with E-state index in [1.54, 1.807) is 60.4 Å². The molecule has 0 aromatic heterocycles. The minimum absolute atomic E-state index is 0.01000. The molecular formula is C22H23N3O4. The molecule has 1 fully saturated rings. The first-order valence-electron chi connectivity index (χ1n) is 9.34. The van der Waals surface area contributed by atoms with Gasteiger partial charge in [-0.25, -0.2) is 0 Å². The maximum atomic E-state index is 12.7. The largest absolute Gasteiger partial charge is 0.493 e. The van der Waals surface area contributed by atoms with Gasteiger partial charge in [0, 0.05) is 31.7 Å². The maximum Gasteiger partial charge on any atom is 0.254 e. The van der Waals surface area contributed by atoms with Crippen LogP contribution in [0.25, 0.3) is 0 Å². The van der Waals surface area contributed by atoms with Crippen molar-refractivity contribution in [2.45, 2.75) is 6.42 Å². The summed E-state index contributed by atoms with van der Waals surface area (Å²) in [6.45, 7) is 1.90. The van der Waals surface area contributed by atoms with Crippen LogP contribution >= 0.6 is 0 Å². The van der Waals surface area contributed by atoms with Crippen LogP contribution in [0.2, 0.25) is 0 Å². The van der Waals surface area contributed by atoms with E-state index in [9.17, 15) is 9.59 Å². The van der Waals surface area contributed by atoms with Gasteiger partial charge in [0.25, 0.3) is 5.91 Å². The molecule has 1 saturated heterocycles. The summed E-state index contributed by atoms with van der Waals surface area (Å²) in [5, 5.41) is 9.00. The Balaban J connectivity index is 1.58. The lowest BCUT2D eigenvalue weighted by molar-refractivity contribution is -0.131. The standard InChI is InChI=1S/C22H23N3O4/c1-28-19-7-6-16(13-20(19)29-2)14-21(26)24-8-10-25(11-9-24)22(27)18-5-3-4-17(12-18)15-23/h3-7,12-13H,8-11,14H2,1-2H3. The molecule has 2 amide bonds. The van der Waals surface area contributed by atoms with Crippen LogP contribution in [-0.2, 0) is 11.2 Å². The molecule has 0 N–H and O–H groups in total. The van der Waals surface area contributed by atoms with E-state index in [2.05, 4.69) is 0 Å². The zero-order valence-corrected chi connectivity index (χ0v) is 16.6. The summed E-state index contributed by atoms with van der Waals surface area (Å²) < 4.78 is 10.5. The predicted octanol–water partition coefficient (Wildman–Crippen LogP) is 2.10. The highest BCUT2D eigenvalue weighted by atomic mass is 16.5. The maximum absolute atomic E-state index is 12.7. The van der Waals surface area contributed by atoms with Crippen molar-refractivity contribution in [3.05, 3.63) is 59.2 Å². The number of piperazine rings is 1. The summed E-state index contributed by atoms with van der Waals surface area (Å²) in [4.78, 5) is 28.8. The second kappa shape index (κ2) is 9.11. The van der Waals surface area contributed by atoms with Crippen molar-refractivity contribution in [1.29, 1.82) is 5.26 Å². The topological polar surface area (TPSA) is 82.9 Å². The number of amides is 2. The average molecular weight is 393 g/mol. The quantitative estimate of drug-likeness (QED) is 0.777. The van der Waals surface area contributed by atoms with Gasteiger partial charge in [-0.1, -0.05) is 12.1 Å². The minimum Gasteiger partial charge on any atom is -0.493 e. The molecule has 2 aromatic carbocycles. The van der Waals surface area contributed by atoms with Gasteiger partial charge >= 0.3 is 0 Å². The fourth-order valence-electron chi connectivity index (χ4n) is 3.34. The van der Waals surface area contributed by atoms with Crippen LogP contribution in [0.1, 0.15) is 21.5 Å². The van der Waals surface area contributed by atoms with Crippen LogP contribution in [0.5, 0.6) is 11.5 Å². The first kappa shape index (κ1) is 20.2. The Kier molecular flexibility index (Phi) is 6.35. The summed E-state index contributed by atoms with van der Waals surface area (Å²) >= 11 is 0. The number of carbonyl (C=O) groups excluding carboxylic acids is 2. The molecule has 1 heterocycles. The third-order valence-corrected chi connectivity index (χ3v) is 4.96. The lowest BCUT2D eigenvalue weighted by Crippen LogP contribution is -2.51. The molecule has 2 aromatic rings. The molecule has 0 unspecified atom stereocenters. The van der Waals surface area contributed by atoms with Gasteiger partial charge in [0.15, 0.2) is 11.5 Å². The van der Waals surface area contributed by atoms with Crippen molar-refractivity contribution in [3.63, 3.8) is 0 Å². The number of nitrogens with zero attached hydrogens (tertiary/aromatic N) is 3. The molecule has 3 rings (SSSR count). The highest BCUT2D eigenvalue weighted by Gasteiger charge is 2.25. The monoisotopic (exact) mass is 393 g/mol. The number of rotatable bonds is 5. The molecule has 0 radical (unpaired) electrons. The van der Waals surface area contributed by atoms with Gasteiger partial charge in [-0.3, -0.25) is 9.59 Å². The van der Waals surface area contributed by atoms with Crippen LogP contribution in [0.3, 0.4) is 0 Å². The Hall–Kier alpha value is -3.53. The van der Waals surface area contributed by atoms with E-state index in [1.165, 1.54) is 0 Å². The normalized spacial score (nSPS) is 13.6. The van der Waals surface area contributed by atoms with Crippen LogP contribution in [0.15, 0.2) is 42.5 Å². The van der Waals surface area contributed by atoms with Crippen molar-refractivity contribution in [3.8, 4) is 17.6 Å². The number of hydrogen-bond acceptors (Lipinski definition) is 5. The molecular weight excluding hydrogens is 370 g/mol. The first-order valence-corrected chi connectivity index (χ1v) is 9.34. The number of benzene rings is 2. The second-order valence-electron chi connectivity index (χ2n) is 6.73. The van der Waals surface area contributed by atoms with Crippen molar-refractivity contribution >= 4 is 11.8 Å². The molecule has 0 aliphatic carbocycles. The zero-order chi connectivity index (χ0) is 20.8. The molecule has 1 aliphatic rings. The van der Waals surface area contributed by atoms with Gasteiger partial charge in [0.2, 0.25) is 5.91 Å².